The molecule has 112 valence electrons. The molecule has 1 aromatic heterocycles. The quantitative estimate of drug-likeness (QED) is 0.355. The number of fused-ring (bicyclic) bond motifs is 1. The summed E-state index contributed by atoms with van der Waals surface area (Å²) in [5, 5.41) is 6.82. The van der Waals surface area contributed by atoms with E-state index in [1.54, 1.807) is 4.90 Å². The monoisotopic (exact) mass is 291 g/mol. The molecule has 0 fully saturated rings. The Hall–Kier alpha value is -1.84. The Morgan fingerprint density at radius 2 is 2.15 bits per heavy atom. The van der Waals surface area contributed by atoms with E-state index in [0.717, 1.165) is 11.0 Å². The highest BCUT2D eigenvalue weighted by Gasteiger charge is 2.39. The average Bonchev–Trinajstić information content (AvgIpc) is 2.82. The third-order valence-electron chi connectivity index (χ3n) is 2.92. The van der Waals surface area contributed by atoms with Crippen LogP contribution in [0.5, 0.6) is 0 Å². The molecule has 0 radical (unpaired) electrons. The number of guanidine groups is 1. The summed E-state index contributed by atoms with van der Waals surface area (Å²) in [4.78, 5) is 5.99. The molecule has 0 aromatic carbocycles. The van der Waals surface area contributed by atoms with E-state index in [2.05, 4.69) is 20.6 Å². The minimum Gasteiger partial charge on any atom is -0.333 e. The van der Waals surface area contributed by atoms with Crippen LogP contribution in [-0.4, -0.2) is 38.7 Å². The van der Waals surface area contributed by atoms with E-state index >= 15 is 0 Å². The zero-order chi connectivity index (χ0) is 14.8. The normalized spacial score (nSPS) is 16.2. The lowest BCUT2D eigenvalue weighted by atomic mass is 10.3. The van der Waals surface area contributed by atoms with Crippen LogP contribution in [0.15, 0.2) is 4.99 Å². The van der Waals surface area contributed by atoms with Gasteiger partial charge in [0.05, 0.1) is 6.54 Å². The summed E-state index contributed by atoms with van der Waals surface area (Å²) in [6.45, 7) is 3.26. The first-order valence-electron chi connectivity index (χ1n) is 6.22. The highest BCUT2D eigenvalue weighted by atomic mass is 19.4. The van der Waals surface area contributed by atoms with Crippen molar-refractivity contribution in [2.45, 2.75) is 32.6 Å². The summed E-state index contributed by atoms with van der Waals surface area (Å²) in [7, 11) is 0. The Morgan fingerprint density at radius 1 is 1.40 bits per heavy atom. The molecule has 0 saturated carbocycles. The van der Waals surface area contributed by atoms with Gasteiger partial charge in [-0.25, -0.2) is 5.84 Å². The second-order valence-corrected chi connectivity index (χ2v) is 4.36. The molecule has 0 saturated heterocycles. The predicted octanol–water partition coefficient (Wildman–Crippen LogP) is 0.342. The van der Waals surface area contributed by atoms with Gasteiger partial charge in [0, 0.05) is 19.6 Å². The molecule has 0 unspecified atom stereocenters. The van der Waals surface area contributed by atoms with Gasteiger partial charge in [-0.2, -0.15) is 13.2 Å². The van der Waals surface area contributed by atoms with Crippen molar-refractivity contribution in [3.63, 3.8) is 0 Å². The van der Waals surface area contributed by atoms with Gasteiger partial charge in [-0.05, 0) is 6.42 Å². The Balaban J connectivity index is 2.18. The van der Waals surface area contributed by atoms with Crippen molar-refractivity contribution in [2.24, 2.45) is 10.8 Å². The zero-order valence-electron chi connectivity index (χ0n) is 11.0. The molecular weight excluding hydrogens is 275 g/mol. The number of nitrogens with zero attached hydrogens (tertiary/aromatic N) is 5. The van der Waals surface area contributed by atoms with E-state index in [1.807, 2.05) is 6.92 Å². The van der Waals surface area contributed by atoms with Crippen LogP contribution < -0.4 is 11.3 Å². The van der Waals surface area contributed by atoms with Crippen molar-refractivity contribution < 1.29 is 13.2 Å². The van der Waals surface area contributed by atoms with Gasteiger partial charge in [-0.3, -0.25) is 10.4 Å². The smallest absolute Gasteiger partial charge is 0.333 e. The molecule has 0 spiro atoms. The van der Waals surface area contributed by atoms with Gasteiger partial charge >= 0.3 is 6.18 Å². The van der Waals surface area contributed by atoms with Crippen LogP contribution >= 0.6 is 0 Å². The number of halogens is 3. The molecule has 3 N–H and O–H groups in total. The van der Waals surface area contributed by atoms with Crippen LogP contribution in [0, 0.1) is 0 Å². The second kappa shape index (κ2) is 5.65. The van der Waals surface area contributed by atoms with Crippen molar-refractivity contribution in [3.05, 3.63) is 11.6 Å². The van der Waals surface area contributed by atoms with Crippen LogP contribution in [0.2, 0.25) is 0 Å². The summed E-state index contributed by atoms with van der Waals surface area (Å²) in [5.74, 6) is 5.14. The Labute approximate surface area is 113 Å². The number of aliphatic imine (C=N–C) groups is 1. The summed E-state index contributed by atoms with van der Waals surface area (Å²) < 4.78 is 39.2. The molecule has 10 heteroatoms. The molecular formula is C10H16F3N7. The van der Waals surface area contributed by atoms with Crippen LogP contribution in [0.1, 0.15) is 25.0 Å². The van der Waals surface area contributed by atoms with Gasteiger partial charge in [0.1, 0.15) is 0 Å². The average molecular weight is 291 g/mol. The van der Waals surface area contributed by atoms with Crippen molar-refractivity contribution in [3.8, 4) is 0 Å². The third kappa shape index (κ3) is 2.84. The SMILES string of the molecule is CCCN=C(NN)N1CCn2c(nnc2C(F)(F)F)C1. The van der Waals surface area contributed by atoms with Crippen LogP contribution in [0.4, 0.5) is 13.2 Å². The van der Waals surface area contributed by atoms with Gasteiger partial charge in [0.15, 0.2) is 5.82 Å². The topological polar surface area (TPSA) is 84.4 Å². The van der Waals surface area contributed by atoms with Gasteiger partial charge < -0.3 is 9.47 Å². The fourth-order valence-electron chi connectivity index (χ4n) is 2.00. The maximum absolute atomic E-state index is 12.7. The number of nitrogens with two attached hydrogens (primary N) is 1. The predicted molar refractivity (Wildman–Crippen MR) is 65.4 cm³/mol. The van der Waals surface area contributed by atoms with Gasteiger partial charge in [0.2, 0.25) is 11.8 Å². The molecule has 2 rings (SSSR count). The van der Waals surface area contributed by atoms with E-state index in [-0.39, 0.29) is 18.9 Å². The standard InChI is InChI=1S/C10H16F3N7/c1-2-3-15-9(16-14)19-4-5-20-7(6-19)17-18-8(20)10(11,12)13/h2-6,14H2,1H3,(H,15,16). The fourth-order valence-corrected chi connectivity index (χ4v) is 2.00. The Bertz CT molecular complexity index is 494. The van der Waals surface area contributed by atoms with E-state index in [0.29, 0.717) is 19.0 Å². The minimum absolute atomic E-state index is 0.143. The van der Waals surface area contributed by atoms with Crippen molar-refractivity contribution in [1.29, 1.82) is 0 Å². The van der Waals surface area contributed by atoms with Crippen LogP contribution in [0.25, 0.3) is 0 Å². The molecule has 1 aliphatic heterocycles. The largest absolute Gasteiger partial charge is 0.451 e. The van der Waals surface area contributed by atoms with Crippen LogP contribution in [-0.2, 0) is 19.3 Å². The van der Waals surface area contributed by atoms with Crippen molar-refractivity contribution in [2.75, 3.05) is 13.1 Å². The van der Waals surface area contributed by atoms with Crippen molar-refractivity contribution >= 4 is 5.96 Å². The number of nitrogens with one attached hydrogen (secondary N) is 1. The first-order chi connectivity index (χ1) is 9.47. The first-order valence-corrected chi connectivity index (χ1v) is 6.22. The number of rotatable bonds is 2. The third-order valence-corrected chi connectivity index (χ3v) is 2.92. The first kappa shape index (κ1) is 14.6. The summed E-state index contributed by atoms with van der Waals surface area (Å²) in [5.41, 5.74) is 2.47. The maximum Gasteiger partial charge on any atom is 0.451 e. The van der Waals surface area contributed by atoms with E-state index in [9.17, 15) is 13.2 Å². The molecule has 0 bridgehead atoms. The second-order valence-electron chi connectivity index (χ2n) is 4.36. The number of hydrazine groups is 1. The summed E-state index contributed by atoms with van der Waals surface area (Å²) in [6, 6.07) is 0. The van der Waals surface area contributed by atoms with Crippen LogP contribution in [0.3, 0.4) is 0 Å². The summed E-state index contributed by atoms with van der Waals surface area (Å²) in [6.07, 6.45) is -3.63. The van der Waals surface area contributed by atoms with Gasteiger partial charge in [-0.1, -0.05) is 6.92 Å². The highest BCUT2D eigenvalue weighted by Crippen LogP contribution is 2.29. The lowest BCUT2D eigenvalue weighted by Gasteiger charge is -2.30. The molecule has 1 aromatic rings. The molecule has 0 atom stereocenters. The number of hydrogen-bond donors (Lipinski definition) is 2. The number of aromatic nitrogens is 3. The molecule has 1 aliphatic rings. The molecule has 20 heavy (non-hydrogen) atoms. The minimum atomic E-state index is -4.49. The Morgan fingerprint density at radius 3 is 2.75 bits per heavy atom. The Kier molecular flexibility index (Phi) is 4.12. The molecule has 7 nitrogen and oxygen atoms in total. The van der Waals surface area contributed by atoms with Crippen molar-refractivity contribution in [1.82, 2.24) is 25.1 Å². The molecule has 0 amide bonds. The lowest BCUT2D eigenvalue weighted by molar-refractivity contribution is -0.147. The molecule has 0 aliphatic carbocycles. The summed E-state index contributed by atoms with van der Waals surface area (Å²) >= 11 is 0. The van der Waals surface area contributed by atoms with E-state index in [4.69, 9.17) is 5.84 Å². The van der Waals surface area contributed by atoms with Gasteiger partial charge in [0.25, 0.3) is 0 Å². The van der Waals surface area contributed by atoms with Gasteiger partial charge in [-0.15, -0.1) is 10.2 Å². The zero-order valence-corrected chi connectivity index (χ0v) is 11.0. The van der Waals surface area contributed by atoms with E-state index in [1.165, 1.54) is 0 Å². The maximum atomic E-state index is 12.7. The fraction of sp³-hybridized carbons (Fsp3) is 0.700. The number of hydrogen-bond acceptors (Lipinski definition) is 4. The van der Waals surface area contributed by atoms with E-state index < -0.39 is 12.0 Å². The highest BCUT2D eigenvalue weighted by molar-refractivity contribution is 5.79. The lowest BCUT2D eigenvalue weighted by Crippen LogP contribution is -2.48. The molecule has 2 heterocycles. The number of alkyl halides is 3.